The number of hydrogen-bond donors (Lipinski definition) is 1. The third kappa shape index (κ3) is 3.51. The Labute approximate surface area is 139 Å². The fraction of sp³-hybridized carbons (Fsp3) is 0.158. The number of fused-ring (bicyclic) bond motifs is 1. The van der Waals surface area contributed by atoms with Gasteiger partial charge in [-0.05, 0) is 31.2 Å². The third-order valence-corrected chi connectivity index (χ3v) is 3.80. The number of carbonyl (C=O) groups is 1. The molecule has 0 unspecified atom stereocenters. The van der Waals surface area contributed by atoms with Gasteiger partial charge in [-0.2, -0.15) is 0 Å². The average Bonchev–Trinajstić information content (AvgIpc) is 2.90. The van der Waals surface area contributed by atoms with Crippen molar-refractivity contribution < 1.29 is 9.18 Å². The van der Waals surface area contributed by atoms with Crippen molar-refractivity contribution in [1.82, 2.24) is 14.9 Å². The Morgan fingerprint density at radius 2 is 1.96 bits per heavy atom. The lowest BCUT2D eigenvalue weighted by molar-refractivity contribution is -0.116. The van der Waals surface area contributed by atoms with E-state index in [4.69, 9.17) is 0 Å². The van der Waals surface area contributed by atoms with E-state index in [2.05, 4.69) is 14.9 Å². The fourth-order valence-corrected chi connectivity index (χ4v) is 2.60. The van der Waals surface area contributed by atoms with Crippen LogP contribution in [0.1, 0.15) is 11.4 Å². The zero-order chi connectivity index (χ0) is 16.9. The highest BCUT2D eigenvalue weighted by molar-refractivity contribution is 5.91. The molecule has 1 amide bonds. The molecule has 0 spiro atoms. The van der Waals surface area contributed by atoms with Crippen LogP contribution in [0.15, 0.2) is 54.6 Å². The first-order valence-electron chi connectivity index (χ1n) is 7.77. The smallest absolute Gasteiger partial charge is 0.244 e. The second-order valence-corrected chi connectivity index (χ2v) is 5.45. The predicted octanol–water partition coefficient (Wildman–Crippen LogP) is 3.31. The van der Waals surface area contributed by atoms with Crippen molar-refractivity contribution in [3.05, 3.63) is 71.8 Å². The van der Waals surface area contributed by atoms with E-state index in [1.165, 1.54) is 18.2 Å². The van der Waals surface area contributed by atoms with E-state index < -0.39 is 0 Å². The summed E-state index contributed by atoms with van der Waals surface area (Å²) >= 11 is 0. The minimum atomic E-state index is -0.345. The number of benzene rings is 2. The minimum Gasteiger partial charge on any atom is -0.351 e. The van der Waals surface area contributed by atoms with Crippen LogP contribution >= 0.6 is 0 Å². The number of carbonyl (C=O) groups excluding carboxylic acids is 1. The number of aromatic nitrogens is 2. The Kier molecular flexibility index (Phi) is 4.70. The Bertz CT molecular complexity index is 899. The van der Waals surface area contributed by atoms with Gasteiger partial charge in [0.05, 0.1) is 11.0 Å². The molecule has 24 heavy (non-hydrogen) atoms. The van der Waals surface area contributed by atoms with Gasteiger partial charge in [0, 0.05) is 24.7 Å². The molecule has 0 atom stereocenters. The quantitative estimate of drug-likeness (QED) is 0.732. The van der Waals surface area contributed by atoms with Crippen molar-refractivity contribution in [3.63, 3.8) is 0 Å². The van der Waals surface area contributed by atoms with Gasteiger partial charge in [-0.1, -0.05) is 30.3 Å². The first kappa shape index (κ1) is 15.9. The fourth-order valence-electron chi connectivity index (χ4n) is 2.60. The van der Waals surface area contributed by atoms with Gasteiger partial charge in [0.25, 0.3) is 0 Å². The summed E-state index contributed by atoms with van der Waals surface area (Å²) in [6.45, 7) is 3.05. The zero-order valence-corrected chi connectivity index (χ0v) is 13.4. The normalized spacial score (nSPS) is 11.2. The first-order chi connectivity index (χ1) is 11.6. The number of amides is 1. The largest absolute Gasteiger partial charge is 0.351 e. The van der Waals surface area contributed by atoms with Crippen LogP contribution in [0.4, 0.5) is 4.39 Å². The monoisotopic (exact) mass is 323 g/mol. The van der Waals surface area contributed by atoms with Crippen LogP contribution < -0.4 is 5.32 Å². The number of nitrogens with zero attached hydrogens (tertiary/aromatic N) is 2. The van der Waals surface area contributed by atoms with Gasteiger partial charge in [-0.15, -0.1) is 0 Å². The first-order valence-corrected chi connectivity index (χ1v) is 7.77. The maximum absolute atomic E-state index is 13.5. The van der Waals surface area contributed by atoms with Crippen LogP contribution in [0.5, 0.6) is 0 Å². The summed E-state index contributed by atoms with van der Waals surface area (Å²) in [5, 5.41) is 2.81. The highest BCUT2D eigenvalue weighted by Gasteiger charge is 2.06. The molecule has 0 radical (unpaired) electrons. The van der Waals surface area contributed by atoms with Gasteiger partial charge in [0.1, 0.15) is 11.6 Å². The van der Waals surface area contributed by atoms with Crippen LogP contribution in [-0.4, -0.2) is 22.0 Å². The molecule has 5 heteroatoms. The molecule has 0 saturated heterocycles. The van der Waals surface area contributed by atoms with E-state index in [0.717, 1.165) is 16.9 Å². The number of hydrogen-bond acceptors (Lipinski definition) is 2. The molecule has 0 saturated carbocycles. The summed E-state index contributed by atoms with van der Waals surface area (Å²) in [6.07, 6.45) is 2.82. The van der Waals surface area contributed by atoms with E-state index in [0.29, 0.717) is 18.7 Å². The lowest BCUT2D eigenvalue weighted by Gasteiger charge is -2.07. The van der Waals surface area contributed by atoms with Crippen LogP contribution in [0.3, 0.4) is 0 Å². The third-order valence-electron chi connectivity index (χ3n) is 3.80. The van der Waals surface area contributed by atoms with Gasteiger partial charge in [-0.3, -0.25) is 4.79 Å². The Balaban J connectivity index is 1.59. The van der Waals surface area contributed by atoms with E-state index in [1.807, 2.05) is 31.2 Å². The summed E-state index contributed by atoms with van der Waals surface area (Å²) in [6, 6.07) is 14.2. The number of para-hydroxylation sites is 2. The number of rotatable bonds is 5. The zero-order valence-electron chi connectivity index (χ0n) is 13.4. The van der Waals surface area contributed by atoms with Crippen molar-refractivity contribution in [2.75, 3.05) is 6.54 Å². The van der Waals surface area contributed by atoms with Crippen molar-refractivity contribution in [2.45, 2.75) is 13.5 Å². The van der Waals surface area contributed by atoms with Gasteiger partial charge in [0.15, 0.2) is 0 Å². The van der Waals surface area contributed by atoms with Gasteiger partial charge < -0.3 is 9.88 Å². The van der Waals surface area contributed by atoms with E-state index >= 15 is 0 Å². The van der Waals surface area contributed by atoms with Crippen LogP contribution in [0, 0.1) is 12.7 Å². The molecule has 0 aliphatic heterocycles. The highest BCUT2D eigenvalue weighted by Crippen LogP contribution is 2.14. The van der Waals surface area contributed by atoms with E-state index in [-0.39, 0.29) is 11.7 Å². The SMILES string of the molecule is Cc1nc2ccccc2n1CCNC(=O)/C=C/c1ccccc1F. The molecule has 3 aromatic rings. The molecule has 1 heterocycles. The Morgan fingerprint density at radius 1 is 1.21 bits per heavy atom. The molecule has 0 aliphatic carbocycles. The summed E-state index contributed by atoms with van der Waals surface area (Å²) in [4.78, 5) is 16.4. The molecular weight excluding hydrogens is 305 g/mol. The maximum atomic E-state index is 13.5. The average molecular weight is 323 g/mol. The lowest BCUT2D eigenvalue weighted by atomic mass is 10.2. The van der Waals surface area contributed by atoms with Gasteiger partial charge in [0.2, 0.25) is 5.91 Å². The summed E-state index contributed by atoms with van der Waals surface area (Å²) in [5.41, 5.74) is 2.39. The van der Waals surface area contributed by atoms with Crippen LogP contribution in [-0.2, 0) is 11.3 Å². The molecule has 3 rings (SSSR count). The second kappa shape index (κ2) is 7.08. The van der Waals surface area contributed by atoms with Gasteiger partial charge >= 0.3 is 0 Å². The molecule has 0 aliphatic rings. The number of aryl methyl sites for hydroxylation is 1. The molecule has 4 nitrogen and oxygen atoms in total. The summed E-state index contributed by atoms with van der Waals surface area (Å²) in [7, 11) is 0. The Hall–Kier alpha value is -2.95. The van der Waals surface area contributed by atoms with Crippen molar-refractivity contribution >= 4 is 23.0 Å². The predicted molar refractivity (Wildman–Crippen MR) is 92.9 cm³/mol. The van der Waals surface area contributed by atoms with Gasteiger partial charge in [-0.25, -0.2) is 9.37 Å². The summed E-state index contributed by atoms with van der Waals surface area (Å²) < 4.78 is 15.5. The molecule has 0 bridgehead atoms. The number of halogens is 1. The maximum Gasteiger partial charge on any atom is 0.244 e. The summed E-state index contributed by atoms with van der Waals surface area (Å²) in [5.74, 6) is 0.315. The molecule has 1 aromatic heterocycles. The molecule has 122 valence electrons. The number of nitrogens with one attached hydrogen (secondary N) is 1. The highest BCUT2D eigenvalue weighted by atomic mass is 19.1. The van der Waals surface area contributed by atoms with Crippen molar-refractivity contribution in [3.8, 4) is 0 Å². The van der Waals surface area contributed by atoms with Crippen LogP contribution in [0.25, 0.3) is 17.1 Å². The molecule has 0 fully saturated rings. The molecule has 1 N–H and O–H groups in total. The lowest BCUT2D eigenvalue weighted by Crippen LogP contribution is -2.25. The van der Waals surface area contributed by atoms with Crippen LogP contribution in [0.2, 0.25) is 0 Å². The Morgan fingerprint density at radius 3 is 2.79 bits per heavy atom. The van der Waals surface area contributed by atoms with Crippen molar-refractivity contribution in [1.29, 1.82) is 0 Å². The topological polar surface area (TPSA) is 46.9 Å². The second-order valence-electron chi connectivity index (χ2n) is 5.45. The van der Waals surface area contributed by atoms with Crippen molar-refractivity contribution in [2.24, 2.45) is 0 Å². The molecular formula is C19H18FN3O. The minimum absolute atomic E-state index is 0.250. The van der Waals surface area contributed by atoms with E-state index in [9.17, 15) is 9.18 Å². The number of imidazole rings is 1. The standard InChI is InChI=1S/C19H18FN3O/c1-14-22-17-8-4-5-9-18(17)23(14)13-12-21-19(24)11-10-15-6-2-3-7-16(15)20/h2-11H,12-13H2,1H3,(H,21,24)/b11-10+. The van der Waals surface area contributed by atoms with E-state index in [1.54, 1.807) is 18.2 Å². The molecule has 2 aromatic carbocycles.